The molecular weight excluding hydrogens is 162 g/mol. The summed E-state index contributed by atoms with van der Waals surface area (Å²) in [4.78, 5) is 14.1. The van der Waals surface area contributed by atoms with Crippen LogP contribution in [0.15, 0.2) is 24.5 Å². The maximum Gasteiger partial charge on any atom is 0.364 e. The fraction of sp³-hybridized carbons (Fsp3) is 0.143. The Morgan fingerprint density at radius 2 is 2.18 bits per heavy atom. The molecule has 0 spiro atoms. The van der Waals surface area contributed by atoms with Crippen molar-refractivity contribution in [3.63, 3.8) is 0 Å². The van der Waals surface area contributed by atoms with E-state index in [0.717, 1.165) is 5.56 Å². The van der Waals surface area contributed by atoms with Crippen LogP contribution in [0.2, 0.25) is 0 Å². The highest BCUT2D eigenvalue weighted by molar-refractivity contribution is 7.96. The maximum atomic E-state index is 10.2. The number of hydrogen-bond donors (Lipinski definition) is 1. The first kappa shape index (κ1) is 8.07. The van der Waals surface area contributed by atoms with Gasteiger partial charge in [-0.15, -0.1) is 0 Å². The Bertz CT molecular complexity index is 237. The van der Waals surface area contributed by atoms with E-state index in [-0.39, 0.29) is 6.61 Å². The standard InChI is InChI=1S/C7H7NO2S/c9-7(11)10-5-6-1-3-8-4-2-6/h1-4H,5H2,(H,9,11). The van der Waals surface area contributed by atoms with Crippen LogP contribution in [0.5, 0.6) is 0 Å². The number of carbonyl (C=O) groups is 1. The van der Waals surface area contributed by atoms with Gasteiger partial charge in [0.25, 0.3) is 0 Å². The topological polar surface area (TPSA) is 39.2 Å². The Hall–Kier alpha value is -1.03. The Labute approximate surface area is 69.8 Å². The lowest BCUT2D eigenvalue weighted by Gasteiger charge is -1.98. The summed E-state index contributed by atoms with van der Waals surface area (Å²) in [7, 11) is 0. The Balaban J connectivity index is 2.45. The van der Waals surface area contributed by atoms with Crippen LogP contribution >= 0.6 is 12.6 Å². The number of aromatic nitrogens is 1. The van der Waals surface area contributed by atoms with E-state index in [9.17, 15) is 4.79 Å². The van der Waals surface area contributed by atoms with Gasteiger partial charge in [0.05, 0.1) is 0 Å². The minimum Gasteiger partial charge on any atom is -0.453 e. The zero-order valence-electron chi connectivity index (χ0n) is 5.73. The number of ether oxygens (including phenoxy) is 1. The zero-order valence-corrected chi connectivity index (χ0v) is 6.62. The molecule has 1 heterocycles. The molecule has 3 nitrogen and oxygen atoms in total. The number of nitrogens with zero attached hydrogens (tertiary/aromatic N) is 1. The summed E-state index contributed by atoms with van der Waals surface area (Å²) in [5.74, 6) is 0. The minimum absolute atomic E-state index is 0.255. The normalized spacial score (nSPS) is 9.18. The van der Waals surface area contributed by atoms with Gasteiger partial charge < -0.3 is 4.74 Å². The molecule has 0 aromatic carbocycles. The quantitative estimate of drug-likeness (QED) is 0.540. The third-order valence-electron chi connectivity index (χ3n) is 1.11. The number of carbonyl (C=O) groups excluding carboxylic acids is 1. The minimum atomic E-state index is -0.568. The summed E-state index contributed by atoms with van der Waals surface area (Å²) in [6.45, 7) is 0.255. The lowest BCUT2D eigenvalue weighted by molar-refractivity contribution is 0.169. The van der Waals surface area contributed by atoms with Gasteiger partial charge in [0.1, 0.15) is 6.61 Å². The molecule has 0 bridgehead atoms. The second-order valence-corrected chi connectivity index (χ2v) is 2.28. The van der Waals surface area contributed by atoms with E-state index in [1.54, 1.807) is 24.5 Å². The lowest BCUT2D eigenvalue weighted by atomic mass is 10.3. The van der Waals surface area contributed by atoms with Crippen molar-refractivity contribution in [2.24, 2.45) is 0 Å². The Kier molecular flexibility index (Phi) is 2.92. The molecule has 0 aliphatic heterocycles. The second-order valence-electron chi connectivity index (χ2n) is 1.91. The smallest absolute Gasteiger partial charge is 0.364 e. The highest BCUT2D eigenvalue weighted by atomic mass is 32.1. The molecule has 0 saturated heterocycles. The highest BCUT2D eigenvalue weighted by Gasteiger charge is 1.94. The summed E-state index contributed by atoms with van der Waals surface area (Å²) in [5, 5.41) is -0.568. The van der Waals surface area contributed by atoms with Crippen molar-refractivity contribution >= 4 is 17.9 Å². The predicted molar refractivity (Wildman–Crippen MR) is 43.4 cm³/mol. The zero-order chi connectivity index (χ0) is 8.10. The van der Waals surface area contributed by atoms with Gasteiger partial charge >= 0.3 is 5.30 Å². The monoisotopic (exact) mass is 169 g/mol. The van der Waals surface area contributed by atoms with Crippen molar-refractivity contribution < 1.29 is 9.53 Å². The number of hydrogen-bond acceptors (Lipinski definition) is 3. The Morgan fingerprint density at radius 3 is 2.73 bits per heavy atom. The first-order valence-electron chi connectivity index (χ1n) is 3.03. The Morgan fingerprint density at radius 1 is 1.55 bits per heavy atom. The molecule has 0 aliphatic carbocycles. The van der Waals surface area contributed by atoms with Crippen LogP contribution in [-0.4, -0.2) is 10.3 Å². The van der Waals surface area contributed by atoms with E-state index in [1.165, 1.54) is 0 Å². The van der Waals surface area contributed by atoms with E-state index in [0.29, 0.717) is 0 Å². The first-order chi connectivity index (χ1) is 5.29. The number of thiol groups is 1. The molecule has 0 amide bonds. The van der Waals surface area contributed by atoms with Crippen molar-refractivity contribution in [2.75, 3.05) is 0 Å². The summed E-state index contributed by atoms with van der Waals surface area (Å²) in [6, 6.07) is 3.55. The average Bonchev–Trinajstić information content (AvgIpc) is 2.03. The van der Waals surface area contributed by atoms with Crippen LogP contribution in [0.4, 0.5) is 4.79 Å². The van der Waals surface area contributed by atoms with E-state index < -0.39 is 5.30 Å². The predicted octanol–water partition coefficient (Wildman–Crippen LogP) is 1.65. The molecular formula is C7H7NO2S. The maximum absolute atomic E-state index is 10.2. The van der Waals surface area contributed by atoms with Crippen molar-refractivity contribution in [3.05, 3.63) is 30.1 Å². The largest absolute Gasteiger partial charge is 0.453 e. The van der Waals surface area contributed by atoms with Crippen LogP contribution in [0.25, 0.3) is 0 Å². The van der Waals surface area contributed by atoms with Gasteiger partial charge in [-0.1, -0.05) is 12.6 Å². The van der Waals surface area contributed by atoms with Crippen LogP contribution in [-0.2, 0) is 11.3 Å². The first-order valence-corrected chi connectivity index (χ1v) is 3.48. The molecule has 1 aromatic heterocycles. The molecule has 0 unspecified atom stereocenters. The van der Waals surface area contributed by atoms with E-state index in [4.69, 9.17) is 0 Å². The average molecular weight is 169 g/mol. The van der Waals surface area contributed by atoms with Gasteiger partial charge in [-0.3, -0.25) is 4.98 Å². The summed E-state index contributed by atoms with van der Waals surface area (Å²) < 4.78 is 4.63. The molecule has 11 heavy (non-hydrogen) atoms. The summed E-state index contributed by atoms with van der Waals surface area (Å²) in [6.07, 6.45) is 3.28. The molecule has 0 fully saturated rings. The summed E-state index contributed by atoms with van der Waals surface area (Å²) >= 11 is 3.45. The molecule has 0 saturated carbocycles. The van der Waals surface area contributed by atoms with Gasteiger partial charge in [0.2, 0.25) is 0 Å². The fourth-order valence-electron chi connectivity index (χ4n) is 0.624. The molecule has 4 heteroatoms. The molecule has 0 atom stereocenters. The molecule has 0 N–H and O–H groups in total. The van der Waals surface area contributed by atoms with Gasteiger partial charge in [0.15, 0.2) is 0 Å². The molecule has 1 rings (SSSR count). The van der Waals surface area contributed by atoms with Crippen molar-refractivity contribution in [2.45, 2.75) is 6.61 Å². The van der Waals surface area contributed by atoms with Crippen LogP contribution in [0.1, 0.15) is 5.56 Å². The van der Waals surface area contributed by atoms with E-state index >= 15 is 0 Å². The van der Waals surface area contributed by atoms with Crippen molar-refractivity contribution in [1.29, 1.82) is 0 Å². The number of pyridine rings is 1. The molecule has 0 aliphatic rings. The summed E-state index contributed by atoms with van der Waals surface area (Å²) in [5.41, 5.74) is 0.905. The van der Waals surface area contributed by atoms with Gasteiger partial charge in [-0.25, -0.2) is 4.79 Å². The fourth-order valence-corrected chi connectivity index (χ4v) is 0.689. The third kappa shape index (κ3) is 3.04. The van der Waals surface area contributed by atoms with Crippen LogP contribution < -0.4 is 0 Å². The second kappa shape index (κ2) is 3.98. The molecule has 58 valence electrons. The van der Waals surface area contributed by atoms with E-state index in [2.05, 4.69) is 22.3 Å². The van der Waals surface area contributed by atoms with Gasteiger partial charge in [-0.2, -0.15) is 0 Å². The van der Waals surface area contributed by atoms with Crippen LogP contribution in [0, 0.1) is 0 Å². The van der Waals surface area contributed by atoms with Crippen LogP contribution in [0.3, 0.4) is 0 Å². The highest BCUT2D eigenvalue weighted by Crippen LogP contribution is 1.99. The lowest BCUT2D eigenvalue weighted by Crippen LogP contribution is -1.94. The van der Waals surface area contributed by atoms with E-state index in [1.807, 2.05) is 0 Å². The van der Waals surface area contributed by atoms with Crippen molar-refractivity contribution in [3.8, 4) is 0 Å². The molecule has 1 aromatic rings. The molecule has 0 radical (unpaired) electrons. The van der Waals surface area contributed by atoms with Gasteiger partial charge in [0, 0.05) is 12.4 Å². The number of rotatable bonds is 2. The third-order valence-corrected chi connectivity index (χ3v) is 1.24. The SMILES string of the molecule is O=C(S)OCc1ccncc1. The van der Waals surface area contributed by atoms with Crippen molar-refractivity contribution in [1.82, 2.24) is 4.98 Å². The van der Waals surface area contributed by atoms with Gasteiger partial charge in [-0.05, 0) is 17.7 Å².